The summed E-state index contributed by atoms with van der Waals surface area (Å²) in [5.74, 6) is -1.45. The van der Waals surface area contributed by atoms with Gasteiger partial charge in [-0.15, -0.1) is 0 Å². The number of furan rings is 1. The van der Waals surface area contributed by atoms with Gasteiger partial charge in [-0.3, -0.25) is 0 Å². The average molecular weight is 340 g/mol. The van der Waals surface area contributed by atoms with E-state index in [4.69, 9.17) is 23.7 Å². The lowest BCUT2D eigenvalue weighted by Gasteiger charge is -2.24. The molecule has 0 unspecified atom stereocenters. The highest BCUT2D eigenvalue weighted by atomic mass is 16.7. The maximum absolute atomic E-state index is 12.3. The molecule has 2 rings (SSSR count). The lowest BCUT2D eigenvalue weighted by atomic mass is 10.0. The fourth-order valence-electron chi connectivity index (χ4n) is 2.87. The number of rotatable bonds is 9. The Morgan fingerprint density at radius 1 is 1.33 bits per heavy atom. The second-order valence-electron chi connectivity index (χ2n) is 6.13. The van der Waals surface area contributed by atoms with Gasteiger partial charge in [-0.1, -0.05) is 12.8 Å². The van der Waals surface area contributed by atoms with Gasteiger partial charge in [-0.05, 0) is 44.7 Å². The van der Waals surface area contributed by atoms with Crippen LogP contribution in [0.3, 0.4) is 0 Å². The minimum atomic E-state index is -1.32. The van der Waals surface area contributed by atoms with Crippen molar-refractivity contribution in [3.05, 3.63) is 24.2 Å². The molecule has 24 heavy (non-hydrogen) atoms. The molecule has 7 nitrogen and oxygen atoms in total. The van der Waals surface area contributed by atoms with Gasteiger partial charge in [0.2, 0.25) is 6.10 Å². The van der Waals surface area contributed by atoms with E-state index in [1.807, 2.05) is 13.8 Å². The van der Waals surface area contributed by atoms with Gasteiger partial charge in [0.05, 0.1) is 12.4 Å². The van der Waals surface area contributed by atoms with E-state index < -0.39 is 30.9 Å². The van der Waals surface area contributed by atoms with Crippen LogP contribution in [0.5, 0.6) is 0 Å². The maximum atomic E-state index is 12.3. The van der Waals surface area contributed by atoms with E-state index in [0.717, 1.165) is 25.7 Å². The van der Waals surface area contributed by atoms with Crippen molar-refractivity contribution in [2.75, 3.05) is 6.79 Å². The summed E-state index contributed by atoms with van der Waals surface area (Å²) in [5.41, 5.74) is 0. The first-order chi connectivity index (χ1) is 11.5. The van der Waals surface area contributed by atoms with Crippen LogP contribution in [0.1, 0.15) is 51.4 Å². The second kappa shape index (κ2) is 8.84. The van der Waals surface area contributed by atoms with Crippen LogP contribution >= 0.6 is 0 Å². The van der Waals surface area contributed by atoms with Crippen LogP contribution in [0.25, 0.3) is 0 Å². The number of aliphatic carboxylic acids is 1. The molecule has 7 heteroatoms. The Morgan fingerprint density at radius 2 is 2.04 bits per heavy atom. The topological polar surface area (TPSA) is 95.2 Å². The molecule has 134 valence electrons. The number of carbonyl (C=O) groups is 2. The predicted molar refractivity (Wildman–Crippen MR) is 83.1 cm³/mol. The molecule has 0 spiro atoms. The van der Waals surface area contributed by atoms with Crippen LogP contribution in [0.4, 0.5) is 0 Å². The zero-order chi connectivity index (χ0) is 17.5. The normalized spacial score (nSPS) is 17.8. The van der Waals surface area contributed by atoms with Gasteiger partial charge in [-0.25, -0.2) is 9.59 Å². The van der Waals surface area contributed by atoms with Crippen molar-refractivity contribution < 1.29 is 33.3 Å². The summed E-state index contributed by atoms with van der Waals surface area (Å²) in [6, 6.07) is 3.05. The van der Waals surface area contributed by atoms with E-state index in [2.05, 4.69) is 0 Å². The van der Waals surface area contributed by atoms with Gasteiger partial charge in [-0.2, -0.15) is 0 Å². The number of hydrogen-bond acceptors (Lipinski definition) is 6. The van der Waals surface area contributed by atoms with Crippen LogP contribution in [-0.4, -0.2) is 36.0 Å². The van der Waals surface area contributed by atoms with Crippen molar-refractivity contribution in [1.82, 2.24) is 0 Å². The summed E-state index contributed by atoms with van der Waals surface area (Å²) >= 11 is 0. The number of carboxylic acid groups (broad SMARTS) is 1. The highest BCUT2D eigenvalue weighted by Crippen LogP contribution is 2.30. The summed E-state index contributed by atoms with van der Waals surface area (Å²) in [4.78, 5) is 23.5. The molecule has 1 heterocycles. The molecule has 0 radical (unpaired) electrons. The molecular weight excluding hydrogens is 316 g/mol. The van der Waals surface area contributed by atoms with Crippen molar-refractivity contribution in [1.29, 1.82) is 0 Å². The van der Waals surface area contributed by atoms with E-state index in [0.29, 0.717) is 0 Å². The average Bonchev–Trinajstić information content (AvgIpc) is 3.21. The Bertz CT molecular complexity index is 517. The van der Waals surface area contributed by atoms with Gasteiger partial charge in [0, 0.05) is 0 Å². The fraction of sp³-hybridized carbons (Fsp3) is 0.647. The minimum Gasteiger partial charge on any atom is -0.479 e. The van der Waals surface area contributed by atoms with Gasteiger partial charge >= 0.3 is 11.9 Å². The molecular formula is C17H24O7. The molecule has 0 saturated heterocycles. The van der Waals surface area contributed by atoms with E-state index in [-0.39, 0.29) is 17.8 Å². The molecule has 2 atom stereocenters. The Morgan fingerprint density at radius 3 is 2.58 bits per heavy atom. The molecule has 1 fully saturated rings. The molecule has 0 aliphatic heterocycles. The van der Waals surface area contributed by atoms with Crippen LogP contribution in [-0.2, 0) is 23.8 Å². The third-order valence-electron chi connectivity index (χ3n) is 3.94. The lowest BCUT2D eigenvalue weighted by Crippen LogP contribution is -2.35. The molecule has 0 aromatic carbocycles. The first-order valence-electron chi connectivity index (χ1n) is 8.19. The Labute approximate surface area is 140 Å². The molecule has 1 N–H and O–H groups in total. The summed E-state index contributed by atoms with van der Waals surface area (Å²) < 4.78 is 21.0. The molecule has 1 saturated carbocycles. The Balaban J connectivity index is 1.88. The SMILES string of the molecule is CC(C)O[C@H](C(=O)OCO[C@@H](C(=O)O)c1ccco1)C1CCCC1. The third-order valence-corrected chi connectivity index (χ3v) is 3.94. The lowest BCUT2D eigenvalue weighted by molar-refractivity contribution is -0.186. The van der Waals surface area contributed by atoms with Crippen molar-refractivity contribution in [2.24, 2.45) is 5.92 Å². The Kier molecular flexibility index (Phi) is 6.81. The van der Waals surface area contributed by atoms with Crippen LogP contribution < -0.4 is 0 Å². The highest BCUT2D eigenvalue weighted by Gasteiger charge is 2.34. The zero-order valence-electron chi connectivity index (χ0n) is 14.0. The van der Waals surface area contributed by atoms with Gasteiger partial charge < -0.3 is 23.7 Å². The molecule has 1 aromatic rings. The van der Waals surface area contributed by atoms with Crippen LogP contribution in [0, 0.1) is 5.92 Å². The van der Waals surface area contributed by atoms with Gasteiger partial charge in [0.15, 0.2) is 12.9 Å². The Hall–Kier alpha value is -1.86. The van der Waals surface area contributed by atoms with Crippen molar-refractivity contribution in [3.63, 3.8) is 0 Å². The van der Waals surface area contributed by atoms with E-state index in [1.165, 1.54) is 12.3 Å². The van der Waals surface area contributed by atoms with Gasteiger partial charge in [0.25, 0.3) is 0 Å². The summed E-state index contributed by atoms with van der Waals surface area (Å²) in [6.45, 7) is 3.26. The maximum Gasteiger partial charge on any atom is 0.340 e. The predicted octanol–water partition coefficient (Wildman–Crippen LogP) is 2.91. The largest absolute Gasteiger partial charge is 0.479 e. The van der Waals surface area contributed by atoms with Crippen molar-refractivity contribution in [3.8, 4) is 0 Å². The van der Waals surface area contributed by atoms with Crippen molar-refractivity contribution >= 4 is 11.9 Å². The quantitative estimate of drug-likeness (QED) is 0.545. The summed E-state index contributed by atoms with van der Waals surface area (Å²) in [5, 5.41) is 9.16. The number of esters is 1. The highest BCUT2D eigenvalue weighted by molar-refractivity contribution is 5.75. The third kappa shape index (κ3) is 5.07. The van der Waals surface area contributed by atoms with E-state index >= 15 is 0 Å². The van der Waals surface area contributed by atoms with E-state index in [1.54, 1.807) is 6.07 Å². The zero-order valence-corrected chi connectivity index (χ0v) is 14.0. The van der Waals surface area contributed by atoms with E-state index in [9.17, 15) is 9.59 Å². The molecule has 0 bridgehead atoms. The molecule has 1 aliphatic rings. The van der Waals surface area contributed by atoms with Crippen molar-refractivity contribution in [2.45, 2.75) is 57.8 Å². The number of carboxylic acids is 1. The summed E-state index contributed by atoms with van der Waals surface area (Å²) in [7, 11) is 0. The molecule has 1 aliphatic carbocycles. The first-order valence-corrected chi connectivity index (χ1v) is 8.19. The monoisotopic (exact) mass is 340 g/mol. The van der Waals surface area contributed by atoms with Crippen LogP contribution in [0.2, 0.25) is 0 Å². The minimum absolute atomic E-state index is 0.0982. The van der Waals surface area contributed by atoms with Crippen LogP contribution in [0.15, 0.2) is 22.8 Å². The molecule has 1 aromatic heterocycles. The standard InChI is InChI=1S/C17H24O7/c1-11(2)24-14(12-6-3-4-7-12)17(20)23-10-22-15(16(18)19)13-8-5-9-21-13/h5,8-9,11-12,14-15H,3-4,6-7,10H2,1-2H3,(H,18,19)/t14-,15+/m0/s1. The first kappa shape index (κ1) is 18.5. The molecule has 0 amide bonds. The number of carbonyl (C=O) groups excluding carboxylic acids is 1. The smallest absolute Gasteiger partial charge is 0.340 e. The van der Waals surface area contributed by atoms with Gasteiger partial charge in [0.1, 0.15) is 5.76 Å². The fourth-order valence-corrected chi connectivity index (χ4v) is 2.87. The number of hydrogen-bond donors (Lipinski definition) is 1. The number of ether oxygens (including phenoxy) is 3. The second-order valence-corrected chi connectivity index (χ2v) is 6.13. The summed E-state index contributed by atoms with van der Waals surface area (Å²) in [6.07, 6.45) is 3.31.